The highest BCUT2D eigenvalue weighted by Crippen LogP contribution is 2.25. The SMILES string of the molecule is CCC(Nc1ccc(C)nc1)c1cccc([N+](=O)[O-])c1. The van der Waals surface area contributed by atoms with Crippen LogP contribution in [0.3, 0.4) is 0 Å². The smallest absolute Gasteiger partial charge is 0.269 e. The summed E-state index contributed by atoms with van der Waals surface area (Å²) in [5.74, 6) is 0. The van der Waals surface area contributed by atoms with E-state index in [1.54, 1.807) is 18.3 Å². The zero-order valence-corrected chi connectivity index (χ0v) is 11.5. The lowest BCUT2D eigenvalue weighted by Gasteiger charge is -2.18. The summed E-state index contributed by atoms with van der Waals surface area (Å²) in [6.45, 7) is 3.97. The Bertz CT molecular complexity index is 596. The molecule has 1 unspecified atom stereocenters. The van der Waals surface area contributed by atoms with Crippen molar-refractivity contribution in [2.45, 2.75) is 26.3 Å². The van der Waals surface area contributed by atoms with E-state index in [9.17, 15) is 10.1 Å². The molecule has 0 aliphatic rings. The minimum atomic E-state index is -0.371. The van der Waals surface area contributed by atoms with Crippen molar-refractivity contribution >= 4 is 11.4 Å². The van der Waals surface area contributed by atoms with Gasteiger partial charge in [-0.25, -0.2) is 0 Å². The summed E-state index contributed by atoms with van der Waals surface area (Å²) >= 11 is 0. The van der Waals surface area contributed by atoms with Gasteiger partial charge >= 0.3 is 0 Å². The molecule has 0 spiro atoms. The van der Waals surface area contributed by atoms with Crippen LogP contribution < -0.4 is 5.32 Å². The largest absolute Gasteiger partial charge is 0.377 e. The number of nitro benzene ring substituents is 1. The summed E-state index contributed by atoms with van der Waals surface area (Å²) in [5, 5.41) is 14.2. The third kappa shape index (κ3) is 3.32. The van der Waals surface area contributed by atoms with E-state index in [4.69, 9.17) is 0 Å². The second-order valence-electron chi connectivity index (χ2n) is 4.65. The van der Waals surface area contributed by atoms with Crippen LogP contribution in [0.15, 0.2) is 42.6 Å². The molecule has 0 amide bonds. The fourth-order valence-electron chi connectivity index (χ4n) is 2.03. The van der Waals surface area contributed by atoms with Gasteiger partial charge in [0.25, 0.3) is 5.69 Å². The Morgan fingerprint density at radius 3 is 2.75 bits per heavy atom. The maximum atomic E-state index is 10.8. The van der Waals surface area contributed by atoms with E-state index in [1.165, 1.54) is 6.07 Å². The molecule has 1 aromatic heterocycles. The molecule has 2 aromatic rings. The van der Waals surface area contributed by atoms with Crippen molar-refractivity contribution in [3.63, 3.8) is 0 Å². The molecule has 0 aliphatic heterocycles. The average molecular weight is 271 g/mol. The number of aryl methyl sites for hydroxylation is 1. The number of hydrogen-bond acceptors (Lipinski definition) is 4. The molecule has 2 rings (SSSR count). The highest BCUT2D eigenvalue weighted by Gasteiger charge is 2.13. The Morgan fingerprint density at radius 2 is 2.15 bits per heavy atom. The average Bonchev–Trinajstić information content (AvgIpc) is 2.46. The molecule has 0 saturated carbocycles. The minimum absolute atomic E-state index is 0.0272. The van der Waals surface area contributed by atoms with Crippen molar-refractivity contribution < 1.29 is 4.92 Å². The van der Waals surface area contributed by atoms with Crippen LogP contribution in [0.25, 0.3) is 0 Å². The zero-order valence-electron chi connectivity index (χ0n) is 11.5. The molecule has 1 heterocycles. The summed E-state index contributed by atoms with van der Waals surface area (Å²) in [6.07, 6.45) is 2.60. The van der Waals surface area contributed by atoms with Gasteiger partial charge < -0.3 is 5.32 Å². The van der Waals surface area contributed by atoms with Crippen LogP contribution in [-0.4, -0.2) is 9.91 Å². The standard InChI is InChI=1S/C15H17N3O2/c1-3-15(17-13-8-7-11(2)16-10-13)12-5-4-6-14(9-12)18(19)20/h4-10,15,17H,3H2,1-2H3. The Labute approximate surface area is 117 Å². The normalized spacial score (nSPS) is 11.9. The summed E-state index contributed by atoms with van der Waals surface area (Å²) < 4.78 is 0. The molecule has 5 nitrogen and oxygen atoms in total. The summed E-state index contributed by atoms with van der Waals surface area (Å²) in [4.78, 5) is 14.7. The zero-order chi connectivity index (χ0) is 14.5. The highest BCUT2D eigenvalue weighted by atomic mass is 16.6. The molecule has 104 valence electrons. The molecule has 0 bridgehead atoms. The van der Waals surface area contributed by atoms with Crippen molar-refractivity contribution in [2.24, 2.45) is 0 Å². The number of rotatable bonds is 5. The first-order valence-electron chi connectivity index (χ1n) is 6.53. The second-order valence-corrected chi connectivity index (χ2v) is 4.65. The number of nitro groups is 1. The van der Waals surface area contributed by atoms with Gasteiger partial charge in [0.2, 0.25) is 0 Å². The predicted octanol–water partition coefficient (Wildman–Crippen LogP) is 3.86. The topological polar surface area (TPSA) is 68.1 Å². The van der Waals surface area contributed by atoms with E-state index >= 15 is 0 Å². The molecule has 0 radical (unpaired) electrons. The predicted molar refractivity (Wildman–Crippen MR) is 78.7 cm³/mol. The van der Waals surface area contributed by atoms with Crippen LogP contribution in [0.5, 0.6) is 0 Å². The number of pyridine rings is 1. The number of nitrogens with one attached hydrogen (secondary N) is 1. The second kappa shape index (κ2) is 6.14. The fraction of sp³-hybridized carbons (Fsp3) is 0.267. The van der Waals surface area contributed by atoms with Crippen molar-refractivity contribution in [1.29, 1.82) is 0 Å². The van der Waals surface area contributed by atoms with Crippen LogP contribution in [0, 0.1) is 17.0 Å². The molecular formula is C15H17N3O2. The number of nitrogens with zero attached hydrogens (tertiary/aromatic N) is 2. The van der Waals surface area contributed by atoms with Crippen LogP contribution in [-0.2, 0) is 0 Å². The van der Waals surface area contributed by atoms with E-state index in [-0.39, 0.29) is 16.7 Å². The molecule has 1 aromatic carbocycles. The number of hydrogen-bond donors (Lipinski definition) is 1. The molecule has 0 aliphatic carbocycles. The van der Waals surface area contributed by atoms with Gasteiger partial charge in [-0.15, -0.1) is 0 Å². The molecular weight excluding hydrogens is 254 g/mol. The van der Waals surface area contributed by atoms with Gasteiger partial charge in [0.1, 0.15) is 0 Å². The molecule has 0 saturated heterocycles. The number of aromatic nitrogens is 1. The van der Waals surface area contributed by atoms with Gasteiger partial charge in [-0.3, -0.25) is 15.1 Å². The lowest BCUT2D eigenvalue weighted by atomic mass is 10.0. The van der Waals surface area contributed by atoms with E-state index < -0.39 is 0 Å². The van der Waals surface area contributed by atoms with Crippen LogP contribution >= 0.6 is 0 Å². The van der Waals surface area contributed by atoms with Gasteiger partial charge in [0.05, 0.1) is 22.8 Å². The lowest BCUT2D eigenvalue weighted by Crippen LogP contribution is -2.10. The van der Waals surface area contributed by atoms with Crippen molar-refractivity contribution in [3.05, 3.63) is 64.0 Å². The van der Waals surface area contributed by atoms with Crippen molar-refractivity contribution in [2.75, 3.05) is 5.32 Å². The molecule has 1 atom stereocenters. The number of anilines is 1. The third-order valence-electron chi connectivity index (χ3n) is 3.14. The number of benzene rings is 1. The van der Waals surface area contributed by atoms with E-state index in [0.717, 1.165) is 23.4 Å². The Morgan fingerprint density at radius 1 is 1.35 bits per heavy atom. The molecule has 20 heavy (non-hydrogen) atoms. The molecule has 1 N–H and O–H groups in total. The first-order valence-corrected chi connectivity index (χ1v) is 6.53. The minimum Gasteiger partial charge on any atom is -0.377 e. The quantitative estimate of drug-likeness (QED) is 0.662. The molecule has 5 heteroatoms. The Balaban J connectivity index is 2.21. The summed E-state index contributed by atoms with van der Waals surface area (Å²) in [5.41, 5.74) is 2.89. The monoisotopic (exact) mass is 271 g/mol. The van der Waals surface area contributed by atoms with Gasteiger partial charge in [-0.1, -0.05) is 19.1 Å². The maximum Gasteiger partial charge on any atom is 0.269 e. The maximum absolute atomic E-state index is 10.8. The van der Waals surface area contributed by atoms with Gasteiger partial charge in [0.15, 0.2) is 0 Å². The number of non-ortho nitro benzene ring substituents is 1. The lowest BCUT2D eigenvalue weighted by molar-refractivity contribution is -0.384. The highest BCUT2D eigenvalue weighted by molar-refractivity contribution is 5.45. The Kier molecular flexibility index (Phi) is 4.30. The van der Waals surface area contributed by atoms with Gasteiger partial charge in [0, 0.05) is 17.8 Å². The fourth-order valence-corrected chi connectivity index (χ4v) is 2.03. The van der Waals surface area contributed by atoms with Crippen LogP contribution in [0.4, 0.5) is 11.4 Å². The molecule has 0 fully saturated rings. The van der Waals surface area contributed by atoms with Gasteiger partial charge in [-0.2, -0.15) is 0 Å². The first kappa shape index (κ1) is 14.0. The van der Waals surface area contributed by atoms with Crippen molar-refractivity contribution in [3.8, 4) is 0 Å². The summed E-state index contributed by atoms with van der Waals surface area (Å²) in [7, 11) is 0. The Hall–Kier alpha value is -2.43. The van der Waals surface area contributed by atoms with Gasteiger partial charge in [-0.05, 0) is 31.0 Å². The van der Waals surface area contributed by atoms with E-state index in [2.05, 4.69) is 10.3 Å². The first-order chi connectivity index (χ1) is 9.60. The van der Waals surface area contributed by atoms with E-state index in [1.807, 2.05) is 32.0 Å². The van der Waals surface area contributed by atoms with Crippen molar-refractivity contribution in [1.82, 2.24) is 4.98 Å². The van der Waals surface area contributed by atoms with E-state index in [0.29, 0.717) is 0 Å². The summed E-state index contributed by atoms with van der Waals surface area (Å²) in [6, 6.07) is 10.7. The van der Waals surface area contributed by atoms with Crippen LogP contribution in [0.2, 0.25) is 0 Å². The third-order valence-corrected chi connectivity index (χ3v) is 3.14. The van der Waals surface area contributed by atoms with Crippen LogP contribution in [0.1, 0.15) is 30.6 Å².